The first kappa shape index (κ1) is 9.72. The Hall–Kier alpha value is -1.82. The SMILES string of the molecule is CC(=O)Nc1sc(N)nc1-c1ccco1. The summed E-state index contributed by atoms with van der Waals surface area (Å²) in [7, 11) is 0. The molecule has 2 aromatic rings. The number of anilines is 2. The van der Waals surface area contributed by atoms with E-state index in [9.17, 15) is 4.79 Å². The van der Waals surface area contributed by atoms with Gasteiger partial charge in [-0.05, 0) is 12.1 Å². The third kappa shape index (κ3) is 1.99. The molecule has 0 bridgehead atoms. The first-order chi connectivity index (χ1) is 7.16. The average Bonchev–Trinajstić information content (AvgIpc) is 2.72. The van der Waals surface area contributed by atoms with E-state index in [2.05, 4.69) is 10.3 Å². The van der Waals surface area contributed by atoms with Crippen molar-refractivity contribution in [1.29, 1.82) is 0 Å². The fourth-order valence-electron chi connectivity index (χ4n) is 1.16. The Morgan fingerprint density at radius 3 is 3.07 bits per heavy atom. The van der Waals surface area contributed by atoms with Gasteiger partial charge in [0, 0.05) is 6.92 Å². The molecular formula is C9H9N3O2S. The molecule has 0 radical (unpaired) electrons. The predicted octanol–water partition coefficient (Wildman–Crippen LogP) is 1.94. The molecule has 0 spiro atoms. The minimum absolute atomic E-state index is 0.161. The third-order valence-corrected chi connectivity index (χ3v) is 2.49. The molecule has 6 heteroatoms. The van der Waals surface area contributed by atoms with Gasteiger partial charge in [0.1, 0.15) is 10.7 Å². The smallest absolute Gasteiger partial charge is 0.221 e. The summed E-state index contributed by atoms with van der Waals surface area (Å²) in [6.07, 6.45) is 1.54. The summed E-state index contributed by atoms with van der Waals surface area (Å²) in [5, 5.41) is 3.66. The second kappa shape index (κ2) is 3.74. The Morgan fingerprint density at radius 2 is 2.47 bits per heavy atom. The molecule has 0 aliphatic rings. The minimum Gasteiger partial charge on any atom is -0.463 e. The second-order valence-corrected chi connectivity index (χ2v) is 3.92. The molecule has 0 unspecified atom stereocenters. The number of carbonyl (C=O) groups excluding carboxylic acids is 1. The topological polar surface area (TPSA) is 81.2 Å². The quantitative estimate of drug-likeness (QED) is 0.815. The van der Waals surface area contributed by atoms with E-state index in [1.54, 1.807) is 18.4 Å². The molecule has 0 saturated heterocycles. The first-order valence-corrected chi connectivity index (χ1v) is 5.06. The van der Waals surface area contributed by atoms with Gasteiger partial charge in [-0.3, -0.25) is 4.79 Å². The molecule has 2 aromatic heterocycles. The van der Waals surface area contributed by atoms with E-state index in [-0.39, 0.29) is 5.91 Å². The van der Waals surface area contributed by atoms with Gasteiger partial charge in [0.25, 0.3) is 0 Å². The summed E-state index contributed by atoms with van der Waals surface area (Å²) in [5.74, 6) is 0.429. The standard InChI is InChI=1S/C9H9N3O2S/c1-5(13)11-8-7(12-9(10)15-8)6-3-2-4-14-6/h2-4H,1H3,(H2,10,12)(H,11,13). The number of hydrogen-bond acceptors (Lipinski definition) is 5. The third-order valence-electron chi connectivity index (χ3n) is 1.69. The van der Waals surface area contributed by atoms with Crippen molar-refractivity contribution in [3.05, 3.63) is 18.4 Å². The minimum atomic E-state index is -0.161. The van der Waals surface area contributed by atoms with E-state index in [4.69, 9.17) is 10.2 Å². The summed E-state index contributed by atoms with van der Waals surface area (Å²) in [4.78, 5) is 15.0. The highest BCUT2D eigenvalue weighted by Crippen LogP contribution is 2.34. The molecule has 78 valence electrons. The molecule has 0 aromatic carbocycles. The van der Waals surface area contributed by atoms with Crippen molar-refractivity contribution in [3.8, 4) is 11.5 Å². The molecule has 15 heavy (non-hydrogen) atoms. The van der Waals surface area contributed by atoms with Crippen LogP contribution < -0.4 is 11.1 Å². The normalized spacial score (nSPS) is 10.2. The maximum atomic E-state index is 10.9. The summed E-state index contributed by atoms with van der Waals surface area (Å²) in [6, 6.07) is 3.52. The molecular weight excluding hydrogens is 214 g/mol. The Morgan fingerprint density at radius 1 is 1.67 bits per heavy atom. The van der Waals surface area contributed by atoms with Crippen LogP contribution in [-0.4, -0.2) is 10.9 Å². The number of amides is 1. The van der Waals surface area contributed by atoms with Gasteiger partial charge < -0.3 is 15.5 Å². The molecule has 5 nitrogen and oxygen atoms in total. The Balaban J connectivity index is 2.42. The Kier molecular flexibility index (Phi) is 2.42. The lowest BCUT2D eigenvalue weighted by molar-refractivity contribution is -0.114. The van der Waals surface area contributed by atoms with Crippen LogP contribution in [0.25, 0.3) is 11.5 Å². The molecule has 0 saturated carbocycles. The maximum Gasteiger partial charge on any atom is 0.221 e. The summed E-state index contributed by atoms with van der Waals surface area (Å²) in [6.45, 7) is 1.43. The highest BCUT2D eigenvalue weighted by Gasteiger charge is 2.14. The van der Waals surface area contributed by atoms with Crippen LogP contribution >= 0.6 is 11.3 Å². The van der Waals surface area contributed by atoms with Crippen molar-refractivity contribution < 1.29 is 9.21 Å². The summed E-state index contributed by atoms with van der Waals surface area (Å²) in [5.41, 5.74) is 6.14. The maximum absolute atomic E-state index is 10.9. The van der Waals surface area contributed by atoms with Gasteiger partial charge in [-0.2, -0.15) is 0 Å². The van der Waals surface area contributed by atoms with Crippen LogP contribution in [0.2, 0.25) is 0 Å². The summed E-state index contributed by atoms with van der Waals surface area (Å²) < 4.78 is 5.19. The van der Waals surface area contributed by atoms with Crippen molar-refractivity contribution in [2.75, 3.05) is 11.1 Å². The predicted molar refractivity (Wildman–Crippen MR) is 58.5 cm³/mol. The zero-order valence-electron chi connectivity index (χ0n) is 7.98. The Bertz CT molecular complexity index is 476. The van der Waals surface area contributed by atoms with E-state index in [1.807, 2.05) is 0 Å². The number of nitrogens with two attached hydrogens (primary N) is 1. The number of furan rings is 1. The van der Waals surface area contributed by atoms with Crippen LogP contribution in [0.3, 0.4) is 0 Å². The highest BCUT2D eigenvalue weighted by atomic mass is 32.1. The van der Waals surface area contributed by atoms with Crippen LogP contribution in [0.15, 0.2) is 22.8 Å². The Labute approximate surface area is 89.9 Å². The van der Waals surface area contributed by atoms with Crippen molar-refractivity contribution in [3.63, 3.8) is 0 Å². The molecule has 3 N–H and O–H groups in total. The van der Waals surface area contributed by atoms with Gasteiger partial charge in [-0.15, -0.1) is 0 Å². The van der Waals surface area contributed by atoms with Crippen molar-refractivity contribution in [2.45, 2.75) is 6.92 Å². The zero-order valence-corrected chi connectivity index (χ0v) is 8.80. The monoisotopic (exact) mass is 223 g/mol. The van der Waals surface area contributed by atoms with Crippen LogP contribution in [0.1, 0.15) is 6.92 Å². The van der Waals surface area contributed by atoms with Crippen LogP contribution in [0, 0.1) is 0 Å². The number of hydrogen-bond donors (Lipinski definition) is 2. The van der Waals surface area contributed by atoms with E-state index >= 15 is 0 Å². The first-order valence-electron chi connectivity index (χ1n) is 4.24. The van der Waals surface area contributed by atoms with Crippen molar-refractivity contribution in [1.82, 2.24) is 4.98 Å². The van der Waals surface area contributed by atoms with Gasteiger partial charge in [-0.25, -0.2) is 4.98 Å². The average molecular weight is 223 g/mol. The van der Waals surface area contributed by atoms with E-state index < -0.39 is 0 Å². The molecule has 1 amide bonds. The highest BCUT2D eigenvalue weighted by molar-refractivity contribution is 7.20. The van der Waals surface area contributed by atoms with Gasteiger partial charge in [0.15, 0.2) is 10.9 Å². The van der Waals surface area contributed by atoms with E-state index in [0.29, 0.717) is 21.6 Å². The number of nitrogen functional groups attached to an aromatic ring is 1. The van der Waals surface area contributed by atoms with Crippen molar-refractivity contribution in [2.24, 2.45) is 0 Å². The molecule has 2 rings (SSSR count). The van der Waals surface area contributed by atoms with E-state index in [0.717, 1.165) is 0 Å². The number of nitrogens with one attached hydrogen (secondary N) is 1. The van der Waals surface area contributed by atoms with Gasteiger partial charge in [0.05, 0.1) is 6.26 Å². The molecule has 2 heterocycles. The lowest BCUT2D eigenvalue weighted by Gasteiger charge is -1.98. The van der Waals surface area contributed by atoms with Gasteiger partial charge >= 0.3 is 0 Å². The lowest BCUT2D eigenvalue weighted by atomic mass is 10.3. The fraction of sp³-hybridized carbons (Fsp3) is 0.111. The largest absolute Gasteiger partial charge is 0.463 e. The molecule has 0 aliphatic carbocycles. The number of carbonyl (C=O) groups is 1. The summed E-state index contributed by atoms with van der Waals surface area (Å²) >= 11 is 1.22. The number of aromatic nitrogens is 1. The lowest BCUT2D eigenvalue weighted by Crippen LogP contribution is -2.04. The van der Waals surface area contributed by atoms with Gasteiger partial charge in [0.2, 0.25) is 5.91 Å². The number of thiazole rings is 1. The van der Waals surface area contributed by atoms with Crippen LogP contribution in [0.5, 0.6) is 0 Å². The second-order valence-electron chi connectivity index (χ2n) is 2.89. The van der Waals surface area contributed by atoms with Crippen LogP contribution in [-0.2, 0) is 4.79 Å². The molecule has 0 atom stereocenters. The van der Waals surface area contributed by atoms with Crippen LogP contribution in [0.4, 0.5) is 10.1 Å². The fourth-order valence-corrected chi connectivity index (χ4v) is 1.95. The van der Waals surface area contributed by atoms with Gasteiger partial charge in [-0.1, -0.05) is 11.3 Å². The van der Waals surface area contributed by atoms with E-state index in [1.165, 1.54) is 18.3 Å². The number of nitrogens with zero attached hydrogens (tertiary/aromatic N) is 1. The molecule has 0 aliphatic heterocycles. The van der Waals surface area contributed by atoms with Crippen molar-refractivity contribution >= 4 is 27.4 Å². The number of rotatable bonds is 2. The zero-order chi connectivity index (χ0) is 10.8. The molecule has 0 fully saturated rings.